The molecule has 0 aliphatic carbocycles. The molecule has 0 aromatic heterocycles. The van der Waals surface area contributed by atoms with E-state index in [1.54, 1.807) is 21.9 Å². The number of phenolic OH excluding ortho intramolecular Hbond substituents is 1. The Bertz CT molecular complexity index is 556. The van der Waals surface area contributed by atoms with Crippen molar-refractivity contribution in [3.8, 4) is 5.75 Å². The number of aromatic hydroxyl groups is 1. The lowest BCUT2D eigenvalue weighted by Gasteiger charge is -2.30. The first-order valence-corrected chi connectivity index (χ1v) is 7.00. The van der Waals surface area contributed by atoms with Gasteiger partial charge in [-0.05, 0) is 36.1 Å². The van der Waals surface area contributed by atoms with E-state index in [0.29, 0.717) is 26.1 Å². The van der Waals surface area contributed by atoms with Crippen LogP contribution in [0.25, 0.3) is 0 Å². The van der Waals surface area contributed by atoms with Gasteiger partial charge in [0.05, 0.1) is 6.54 Å². The molecule has 0 radical (unpaired) electrons. The Balaban J connectivity index is 1.67. The molecule has 106 valence electrons. The smallest absolute Gasteiger partial charge is 0.242 e. The van der Waals surface area contributed by atoms with Gasteiger partial charge in [0.15, 0.2) is 0 Å². The summed E-state index contributed by atoms with van der Waals surface area (Å²) in [7, 11) is 0. The first-order chi connectivity index (χ1) is 9.63. The summed E-state index contributed by atoms with van der Waals surface area (Å²) in [5.74, 6) is 0.301. The highest BCUT2D eigenvalue weighted by molar-refractivity contribution is 5.86. The van der Waals surface area contributed by atoms with Crippen LogP contribution in [0.5, 0.6) is 5.75 Å². The van der Waals surface area contributed by atoms with Crippen molar-refractivity contribution in [2.75, 3.05) is 19.6 Å². The molecule has 1 saturated heterocycles. The summed E-state index contributed by atoms with van der Waals surface area (Å²) >= 11 is 0. The average Bonchev–Trinajstić information content (AvgIpc) is 2.83. The lowest BCUT2D eigenvalue weighted by Crippen LogP contribution is -2.43. The monoisotopic (exact) mass is 274 g/mol. The zero-order chi connectivity index (χ0) is 14.1. The zero-order valence-corrected chi connectivity index (χ0v) is 11.3. The number of fused-ring (bicyclic) bond motifs is 1. The second-order valence-corrected chi connectivity index (χ2v) is 5.44. The second-order valence-electron chi connectivity index (χ2n) is 5.44. The number of hydrogen-bond donors (Lipinski definition) is 1. The third kappa shape index (κ3) is 2.48. The molecule has 1 N–H and O–H groups in total. The Hall–Kier alpha value is -2.04. The molecule has 0 bridgehead atoms. The predicted molar refractivity (Wildman–Crippen MR) is 73.0 cm³/mol. The van der Waals surface area contributed by atoms with E-state index in [2.05, 4.69) is 0 Å². The quantitative estimate of drug-likeness (QED) is 0.871. The number of likely N-dealkylation sites (tertiary alicyclic amines) is 1. The maximum atomic E-state index is 12.3. The van der Waals surface area contributed by atoms with Gasteiger partial charge >= 0.3 is 0 Å². The average molecular weight is 274 g/mol. The highest BCUT2D eigenvalue weighted by atomic mass is 16.3. The van der Waals surface area contributed by atoms with E-state index < -0.39 is 0 Å². The molecule has 0 atom stereocenters. The van der Waals surface area contributed by atoms with Gasteiger partial charge in [-0.2, -0.15) is 0 Å². The number of carbonyl (C=O) groups excluding carboxylic acids is 2. The van der Waals surface area contributed by atoms with Crippen molar-refractivity contribution in [3.05, 3.63) is 29.3 Å². The molecule has 1 aromatic rings. The first-order valence-electron chi connectivity index (χ1n) is 7.00. The summed E-state index contributed by atoms with van der Waals surface area (Å²) in [6.45, 7) is 2.08. The SMILES string of the molecule is O=C1CCCN1CC(=O)N1CCc2ccc(O)cc2C1. The second kappa shape index (κ2) is 5.15. The van der Waals surface area contributed by atoms with Gasteiger partial charge in [0, 0.05) is 26.1 Å². The van der Waals surface area contributed by atoms with Gasteiger partial charge in [-0.3, -0.25) is 9.59 Å². The van der Waals surface area contributed by atoms with Gasteiger partial charge in [-0.25, -0.2) is 0 Å². The highest BCUT2D eigenvalue weighted by Gasteiger charge is 2.26. The number of phenols is 1. The third-order valence-electron chi connectivity index (χ3n) is 4.05. The number of carbonyl (C=O) groups is 2. The summed E-state index contributed by atoms with van der Waals surface area (Å²) < 4.78 is 0. The maximum Gasteiger partial charge on any atom is 0.242 e. The maximum absolute atomic E-state index is 12.3. The van der Waals surface area contributed by atoms with Crippen LogP contribution < -0.4 is 0 Å². The van der Waals surface area contributed by atoms with Crippen LogP contribution in [0.1, 0.15) is 24.0 Å². The van der Waals surface area contributed by atoms with E-state index >= 15 is 0 Å². The molecular weight excluding hydrogens is 256 g/mol. The fourth-order valence-electron chi connectivity index (χ4n) is 2.89. The highest BCUT2D eigenvalue weighted by Crippen LogP contribution is 2.23. The van der Waals surface area contributed by atoms with Crippen molar-refractivity contribution in [1.29, 1.82) is 0 Å². The molecule has 0 saturated carbocycles. The molecule has 3 rings (SSSR count). The summed E-state index contributed by atoms with van der Waals surface area (Å²) in [6, 6.07) is 5.31. The lowest BCUT2D eigenvalue weighted by atomic mass is 9.99. The fourth-order valence-corrected chi connectivity index (χ4v) is 2.89. The summed E-state index contributed by atoms with van der Waals surface area (Å²) in [5.41, 5.74) is 2.18. The molecule has 2 heterocycles. The zero-order valence-electron chi connectivity index (χ0n) is 11.3. The Morgan fingerprint density at radius 2 is 2.05 bits per heavy atom. The number of hydrogen-bond acceptors (Lipinski definition) is 3. The topological polar surface area (TPSA) is 60.9 Å². The largest absolute Gasteiger partial charge is 0.508 e. The van der Waals surface area contributed by atoms with Crippen LogP contribution in [0.4, 0.5) is 0 Å². The number of nitrogens with zero attached hydrogens (tertiary/aromatic N) is 2. The molecule has 1 fully saturated rings. The van der Waals surface area contributed by atoms with Crippen molar-refractivity contribution in [3.63, 3.8) is 0 Å². The number of benzene rings is 1. The van der Waals surface area contributed by atoms with Gasteiger partial charge in [0.25, 0.3) is 0 Å². The van der Waals surface area contributed by atoms with Crippen LogP contribution in [0.15, 0.2) is 18.2 Å². The van der Waals surface area contributed by atoms with Crippen molar-refractivity contribution in [1.82, 2.24) is 9.80 Å². The van der Waals surface area contributed by atoms with E-state index in [1.807, 2.05) is 6.07 Å². The van der Waals surface area contributed by atoms with Crippen molar-refractivity contribution in [2.24, 2.45) is 0 Å². The molecule has 2 amide bonds. The Morgan fingerprint density at radius 1 is 1.20 bits per heavy atom. The van der Waals surface area contributed by atoms with Crippen LogP contribution in [-0.4, -0.2) is 46.4 Å². The lowest BCUT2D eigenvalue weighted by molar-refractivity contribution is -0.138. The minimum absolute atomic E-state index is 0.00533. The van der Waals surface area contributed by atoms with Crippen molar-refractivity contribution < 1.29 is 14.7 Å². The van der Waals surface area contributed by atoms with Crippen LogP contribution in [-0.2, 0) is 22.6 Å². The third-order valence-corrected chi connectivity index (χ3v) is 4.05. The van der Waals surface area contributed by atoms with E-state index in [-0.39, 0.29) is 24.1 Å². The number of amides is 2. The molecule has 0 unspecified atom stereocenters. The molecule has 2 aliphatic heterocycles. The standard InChI is InChI=1S/C15H18N2O3/c18-13-4-3-11-5-7-17(9-12(11)8-13)15(20)10-16-6-1-2-14(16)19/h3-4,8,18H,1-2,5-7,9-10H2. The Kier molecular flexibility index (Phi) is 3.34. The minimum atomic E-state index is -0.00533. The van der Waals surface area contributed by atoms with Gasteiger partial charge in [-0.15, -0.1) is 0 Å². The summed E-state index contributed by atoms with van der Waals surface area (Å²) in [6.07, 6.45) is 2.21. The molecular formula is C15H18N2O3. The predicted octanol–water partition coefficient (Wildman–Crippen LogP) is 0.899. The minimum Gasteiger partial charge on any atom is -0.508 e. The summed E-state index contributed by atoms with van der Waals surface area (Å²) in [5, 5.41) is 9.52. The van der Waals surface area contributed by atoms with Gasteiger partial charge in [0.2, 0.25) is 11.8 Å². The molecule has 5 nitrogen and oxygen atoms in total. The molecule has 20 heavy (non-hydrogen) atoms. The van der Waals surface area contributed by atoms with Gasteiger partial charge < -0.3 is 14.9 Å². The van der Waals surface area contributed by atoms with Crippen LogP contribution in [0, 0.1) is 0 Å². The number of rotatable bonds is 2. The van der Waals surface area contributed by atoms with E-state index in [9.17, 15) is 14.7 Å². The molecule has 5 heteroatoms. The van der Waals surface area contributed by atoms with Crippen LogP contribution >= 0.6 is 0 Å². The normalized spacial score (nSPS) is 18.3. The van der Waals surface area contributed by atoms with E-state index in [0.717, 1.165) is 18.4 Å². The Labute approximate surface area is 117 Å². The molecule has 2 aliphatic rings. The van der Waals surface area contributed by atoms with Gasteiger partial charge in [0.1, 0.15) is 5.75 Å². The van der Waals surface area contributed by atoms with Crippen LogP contribution in [0.3, 0.4) is 0 Å². The van der Waals surface area contributed by atoms with Crippen LogP contribution in [0.2, 0.25) is 0 Å². The van der Waals surface area contributed by atoms with Crippen molar-refractivity contribution in [2.45, 2.75) is 25.8 Å². The van der Waals surface area contributed by atoms with Gasteiger partial charge in [-0.1, -0.05) is 6.07 Å². The van der Waals surface area contributed by atoms with E-state index in [4.69, 9.17) is 0 Å². The molecule has 1 aromatic carbocycles. The Morgan fingerprint density at radius 3 is 2.80 bits per heavy atom. The fraction of sp³-hybridized carbons (Fsp3) is 0.467. The first kappa shape index (κ1) is 13.0. The van der Waals surface area contributed by atoms with E-state index in [1.165, 1.54) is 5.56 Å². The van der Waals surface area contributed by atoms with Crippen molar-refractivity contribution >= 4 is 11.8 Å². The molecule has 0 spiro atoms. The summed E-state index contributed by atoms with van der Waals surface area (Å²) in [4.78, 5) is 27.2.